The van der Waals surface area contributed by atoms with Crippen LogP contribution in [-0.2, 0) is 33.9 Å². The fourth-order valence-corrected chi connectivity index (χ4v) is 6.47. The highest BCUT2D eigenvalue weighted by Gasteiger charge is 2.37. The summed E-state index contributed by atoms with van der Waals surface area (Å²) in [4.78, 5) is 41.7. The van der Waals surface area contributed by atoms with E-state index in [4.69, 9.17) is 23.2 Å². The van der Waals surface area contributed by atoms with Crippen molar-refractivity contribution < 1.29 is 26.4 Å². The summed E-state index contributed by atoms with van der Waals surface area (Å²) < 4.78 is 68.4. The average Bonchev–Trinajstić information content (AvgIpc) is 3.29. The van der Waals surface area contributed by atoms with Gasteiger partial charge in [-0.2, -0.15) is 13.2 Å². The van der Waals surface area contributed by atoms with E-state index in [0.29, 0.717) is 30.1 Å². The Morgan fingerprint density at radius 2 is 1.88 bits per heavy atom. The van der Waals surface area contributed by atoms with Crippen molar-refractivity contribution in [1.29, 1.82) is 0 Å². The lowest BCUT2D eigenvalue weighted by molar-refractivity contribution is -0.138. The second-order valence-corrected chi connectivity index (χ2v) is 12.6. The number of aromatic amines is 1. The first-order valence-electron chi connectivity index (χ1n) is 12.2. The molecule has 0 spiro atoms. The first-order valence-corrected chi connectivity index (χ1v) is 14.6. The molecule has 9 nitrogen and oxygen atoms in total. The minimum Gasteiger partial charge on any atom is -0.352 e. The van der Waals surface area contributed by atoms with E-state index in [1.807, 2.05) is 0 Å². The number of fused-ring (bicyclic) bond motifs is 1. The quantitative estimate of drug-likeness (QED) is 0.417. The molecular weight excluding hydrogens is 596 g/mol. The number of likely N-dealkylation sites (tertiary alicyclic amines) is 1. The standard InChI is InChI=1S/C25H25Cl2F3N4O5S/c1-3-40(38,39)20-5-4-15(26)8-14(20)10-34-23(36)17-9-19(25(28,29)30)18(21(27)22(17)32-24(34)37)12-33-7-6-16(11-33)31-13(2)35/h4-5,8-9,16H,3,6-7,10-12H2,1-2H3,(H,31,35)(H,32,37)/t16-/m1/s1. The molecule has 15 heteroatoms. The van der Waals surface area contributed by atoms with Crippen LogP contribution in [0.1, 0.15) is 37.0 Å². The summed E-state index contributed by atoms with van der Waals surface area (Å²) in [5.41, 5.74) is -3.75. The van der Waals surface area contributed by atoms with Gasteiger partial charge in [-0.1, -0.05) is 30.1 Å². The zero-order valence-electron chi connectivity index (χ0n) is 21.4. The van der Waals surface area contributed by atoms with Gasteiger partial charge in [-0.3, -0.25) is 19.1 Å². The van der Waals surface area contributed by atoms with Gasteiger partial charge in [-0.25, -0.2) is 13.2 Å². The lowest BCUT2D eigenvalue weighted by atomic mass is 10.0. The molecule has 40 heavy (non-hydrogen) atoms. The number of hydrogen-bond acceptors (Lipinski definition) is 6. The van der Waals surface area contributed by atoms with Crippen molar-refractivity contribution >= 4 is 49.8 Å². The minimum absolute atomic E-state index is 0.0304. The maximum absolute atomic E-state index is 14.2. The Morgan fingerprint density at radius 3 is 2.50 bits per heavy atom. The summed E-state index contributed by atoms with van der Waals surface area (Å²) in [6, 6.07) is 4.29. The van der Waals surface area contributed by atoms with Gasteiger partial charge in [0.15, 0.2) is 9.84 Å². The van der Waals surface area contributed by atoms with Crippen molar-refractivity contribution in [2.45, 2.75) is 50.5 Å². The summed E-state index contributed by atoms with van der Waals surface area (Å²) in [6.45, 7) is 2.68. The van der Waals surface area contributed by atoms with Crippen molar-refractivity contribution in [3.05, 3.63) is 71.8 Å². The Hall–Kier alpha value is -2.87. The van der Waals surface area contributed by atoms with E-state index in [1.54, 1.807) is 4.90 Å². The van der Waals surface area contributed by atoms with Gasteiger partial charge in [-0.05, 0) is 41.8 Å². The molecule has 1 fully saturated rings. The number of benzene rings is 2. The number of alkyl halides is 3. The van der Waals surface area contributed by atoms with Crippen molar-refractivity contribution in [3.8, 4) is 0 Å². The summed E-state index contributed by atoms with van der Waals surface area (Å²) in [7, 11) is -3.78. The molecular formula is C25H25Cl2F3N4O5S. The second-order valence-electron chi connectivity index (χ2n) is 9.54. The van der Waals surface area contributed by atoms with E-state index in [2.05, 4.69) is 10.3 Å². The SMILES string of the molecule is CCS(=O)(=O)c1ccc(Cl)cc1Cn1c(=O)[nH]c2c(Cl)c(CN3CC[C@@H](NC(C)=O)C3)c(C(F)(F)F)cc2c1=O. The van der Waals surface area contributed by atoms with Gasteiger partial charge in [0.05, 0.1) is 38.7 Å². The molecule has 2 N–H and O–H groups in total. The number of aromatic nitrogens is 2. The third-order valence-corrected chi connectivity index (χ3v) is 9.23. The Morgan fingerprint density at radius 1 is 1.18 bits per heavy atom. The van der Waals surface area contributed by atoms with Crippen LogP contribution in [0.15, 0.2) is 38.8 Å². The third-order valence-electron chi connectivity index (χ3n) is 6.75. The monoisotopic (exact) mass is 620 g/mol. The van der Waals surface area contributed by atoms with E-state index >= 15 is 0 Å². The van der Waals surface area contributed by atoms with Crippen LogP contribution in [-0.4, -0.2) is 53.7 Å². The van der Waals surface area contributed by atoms with Crippen LogP contribution in [0.5, 0.6) is 0 Å². The molecule has 3 aromatic rings. The van der Waals surface area contributed by atoms with Crippen LogP contribution in [0.4, 0.5) is 13.2 Å². The van der Waals surface area contributed by atoms with E-state index in [-0.39, 0.29) is 50.8 Å². The number of hydrogen-bond donors (Lipinski definition) is 2. The van der Waals surface area contributed by atoms with Crippen molar-refractivity contribution in [2.24, 2.45) is 0 Å². The maximum Gasteiger partial charge on any atom is 0.416 e. The average molecular weight is 621 g/mol. The summed E-state index contributed by atoms with van der Waals surface area (Å²) >= 11 is 12.5. The minimum atomic E-state index is -4.88. The number of nitrogens with one attached hydrogen (secondary N) is 2. The molecule has 2 heterocycles. The highest BCUT2D eigenvalue weighted by Crippen LogP contribution is 2.39. The van der Waals surface area contributed by atoms with Crippen LogP contribution in [0.3, 0.4) is 0 Å². The highest BCUT2D eigenvalue weighted by atomic mass is 35.5. The molecule has 0 saturated carbocycles. The zero-order chi connectivity index (χ0) is 29.6. The Bertz CT molecular complexity index is 1720. The second kappa shape index (κ2) is 11.2. The molecule has 0 bridgehead atoms. The van der Waals surface area contributed by atoms with Crippen molar-refractivity contribution in [1.82, 2.24) is 19.8 Å². The number of sulfone groups is 1. The first-order chi connectivity index (χ1) is 18.6. The molecule has 4 rings (SSSR count). The van der Waals surface area contributed by atoms with Gasteiger partial charge in [0.25, 0.3) is 5.56 Å². The summed E-state index contributed by atoms with van der Waals surface area (Å²) in [5.74, 6) is -0.516. The van der Waals surface area contributed by atoms with Crippen LogP contribution in [0.2, 0.25) is 10.0 Å². The van der Waals surface area contributed by atoms with Crippen LogP contribution in [0.25, 0.3) is 10.9 Å². The van der Waals surface area contributed by atoms with Gasteiger partial charge in [0.2, 0.25) is 5.91 Å². The lowest BCUT2D eigenvalue weighted by Gasteiger charge is -2.22. The zero-order valence-corrected chi connectivity index (χ0v) is 23.7. The predicted octanol–water partition coefficient (Wildman–Crippen LogP) is 3.57. The number of carbonyl (C=O) groups excluding carboxylic acids is 1. The molecule has 1 aliphatic heterocycles. The van der Waals surface area contributed by atoms with Gasteiger partial charge in [0.1, 0.15) is 0 Å². The van der Waals surface area contributed by atoms with E-state index in [1.165, 1.54) is 32.0 Å². The molecule has 0 aliphatic carbocycles. The largest absolute Gasteiger partial charge is 0.416 e. The summed E-state index contributed by atoms with van der Waals surface area (Å²) in [5, 5.41) is 1.97. The lowest BCUT2D eigenvalue weighted by Crippen LogP contribution is -2.36. The molecule has 0 unspecified atom stereocenters. The van der Waals surface area contributed by atoms with Gasteiger partial charge in [-0.15, -0.1) is 0 Å². The van der Waals surface area contributed by atoms with Crippen LogP contribution >= 0.6 is 23.2 Å². The molecule has 216 valence electrons. The van der Waals surface area contributed by atoms with E-state index in [9.17, 15) is 36.0 Å². The molecule has 1 saturated heterocycles. The smallest absolute Gasteiger partial charge is 0.352 e. The normalized spacial score (nSPS) is 16.5. The summed E-state index contributed by atoms with van der Waals surface area (Å²) in [6.07, 6.45) is -4.35. The van der Waals surface area contributed by atoms with E-state index < -0.39 is 49.8 Å². The van der Waals surface area contributed by atoms with Gasteiger partial charge >= 0.3 is 11.9 Å². The Kier molecular flexibility index (Phi) is 8.42. The first kappa shape index (κ1) is 30.1. The fraction of sp³-hybridized carbons (Fsp3) is 0.400. The molecule has 1 amide bonds. The number of H-pyrrole nitrogens is 1. The molecule has 1 atom stereocenters. The Labute approximate surface area is 236 Å². The maximum atomic E-state index is 14.2. The van der Waals surface area contributed by atoms with Crippen LogP contribution in [0, 0.1) is 0 Å². The number of amides is 1. The number of halogens is 5. The molecule has 1 aromatic heterocycles. The van der Waals surface area contributed by atoms with Gasteiger partial charge in [0, 0.05) is 37.6 Å². The number of nitrogens with zero attached hydrogens (tertiary/aromatic N) is 2. The predicted molar refractivity (Wildman–Crippen MR) is 145 cm³/mol. The fourth-order valence-electron chi connectivity index (χ4n) is 4.85. The molecule has 1 aliphatic rings. The van der Waals surface area contributed by atoms with Crippen molar-refractivity contribution in [3.63, 3.8) is 0 Å². The number of carbonyl (C=O) groups is 1. The highest BCUT2D eigenvalue weighted by molar-refractivity contribution is 7.91. The Balaban J connectivity index is 1.84. The van der Waals surface area contributed by atoms with Gasteiger partial charge < -0.3 is 10.3 Å². The molecule has 0 radical (unpaired) electrons. The number of rotatable bonds is 7. The van der Waals surface area contributed by atoms with Crippen LogP contribution < -0.4 is 16.6 Å². The molecule has 2 aromatic carbocycles. The van der Waals surface area contributed by atoms with E-state index in [0.717, 1.165) is 0 Å². The van der Waals surface area contributed by atoms with Crippen molar-refractivity contribution in [2.75, 3.05) is 18.8 Å². The third kappa shape index (κ3) is 6.07. The topological polar surface area (TPSA) is 121 Å².